The minimum absolute atomic E-state index is 0.178. The Morgan fingerprint density at radius 1 is 1.33 bits per heavy atom. The van der Waals surface area contributed by atoms with Crippen molar-refractivity contribution in [3.8, 4) is 11.5 Å². The smallest absolute Gasteiger partial charge is 0.305 e. The molecule has 1 aliphatic rings. The Labute approximate surface area is 158 Å². The van der Waals surface area contributed by atoms with Gasteiger partial charge in [-0.1, -0.05) is 12.2 Å². The van der Waals surface area contributed by atoms with Crippen molar-refractivity contribution in [2.75, 3.05) is 39.7 Å². The van der Waals surface area contributed by atoms with Crippen LogP contribution in [0.5, 0.6) is 11.5 Å². The van der Waals surface area contributed by atoms with Crippen molar-refractivity contribution >= 4 is 17.6 Å². The van der Waals surface area contributed by atoms with Crippen LogP contribution in [0.25, 0.3) is 0 Å². The number of benzene rings is 1. The number of nitrogens with zero attached hydrogens (tertiary/aromatic N) is 1. The number of methoxy groups -OCH3 is 2. The molecule has 1 amide bonds. The van der Waals surface area contributed by atoms with Crippen molar-refractivity contribution in [2.24, 2.45) is 0 Å². The van der Waals surface area contributed by atoms with E-state index < -0.39 is 6.04 Å². The molecule has 0 aliphatic carbocycles. The van der Waals surface area contributed by atoms with Gasteiger partial charge in [0.1, 0.15) is 0 Å². The van der Waals surface area contributed by atoms with Gasteiger partial charge in [-0.3, -0.25) is 9.59 Å². The van der Waals surface area contributed by atoms with Gasteiger partial charge in [0, 0.05) is 24.7 Å². The van der Waals surface area contributed by atoms with Crippen LogP contribution in [0.4, 0.5) is 5.69 Å². The Hall–Kier alpha value is -2.74. The van der Waals surface area contributed by atoms with Crippen LogP contribution in [0.3, 0.4) is 0 Å². The fourth-order valence-corrected chi connectivity index (χ4v) is 2.97. The molecule has 8 heteroatoms. The molecule has 0 spiro atoms. The highest BCUT2D eigenvalue weighted by atomic mass is 16.5. The number of hydrogen-bond acceptors (Lipinski definition) is 7. The average Bonchev–Trinajstić information content (AvgIpc) is 3.05. The Morgan fingerprint density at radius 3 is 2.70 bits per heavy atom. The summed E-state index contributed by atoms with van der Waals surface area (Å²) in [5, 5.41) is 9.53. The minimum atomic E-state index is -0.405. The molecule has 3 N–H and O–H groups in total. The number of hydrogen-bond donors (Lipinski definition) is 2. The van der Waals surface area contributed by atoms with E-state index in [1.54, 1.807) is 4.90 Å². The number of carbonyl (C=O) groups excluding carboxylic acids is 2. The summed E-state index contributed by atoms with van der Waals surface area (Å²) in [6.07, 6.45) is 1.37. The fourth-order valence-electron chi connectivity index (χ4n) is 2.97. The van der Waals surface area contributed by atoms with Gasteiger partial charge in [-0.15, -0.1) is 0 Å². The van der Waals surface area contributed by atoms with E-state index in [0.29, 0.717) is 30.9 Å². The van der Waals surface area contributed by atoms with E-state index in [-0.39, 0.29) is 42.8 Å². The molecule has 1 atom stereocenters. The third-order valence-electron chi connectivity index (χ3n) is 4.53. The van der Waals surface area contributed by atoms with E-state index in [4.69, 9.17) is 15.2 Å². The summed E-state index contributed by atoms with van der Waals surface area (Å²) < 4.78 is 15.5. The van der Waals surface area contributed by atoms with Crippen LogP contribution in [-0.2, 0) is 9.53 Å². The van der Waals surface area contributed by atoms with Crippen LogP contribution < -0.4 is 15.2 Å². The van der Waals surface area contributed by atoms with Crippen LogP contribution in [0, 0.1) is 0 Å². The molecule has 0 unspecified atom stereocenters. The molecule has 0 radical (unpaired) electrons. The summed E-state index contributed by atoms with van der Waals surface area (Å²) in [7, 11) is 2.80. The molecule has 8 nitrogen and oxygen atoms in total. The zero-order valence-corrected chi connectivity index (χ0v) is 15.7. The highest BCUT2D eigenvalue weighted by molar-refractivity contribution is 6.00. The van der Waals surface area contributed by atoms with E-state index in [0.717, 1.165) is 5.57 Å². The number of esters is 1. The second-order valence-electron chi connectivity index (χ2n) is 6.22. The first-order valence-electron chi connectivity index (χ1n) is 8.69. The SMILES string of the molecule is C=C1CCN(C(=O)c2cc(OC)c(OCCCC(=O)OC)cc2N)[C@H]1CO. The maximum Gasteiger partial charge on any atom is 0.305 e. The molecule has 0 saturated carbocycles. The van der Waals surface area contributed by atoms with Crippen molar-refractivity contribution in [3.05, 3.63) is 29.8 Å². The first-order chi connectivity index (χ1) is 12.9. The van der Waals surface area contributed by atoms with Gasteiger partial charge in [-0.05, 0) is 18.9 Å². The first kappa shape index (κ1) is 20.6. The lowest BCUT2D eigenvalue weighted by Gasteiger charge is -2.24. The number of ether oxygens (including phenoxy) is 3. The Morgan fingerprint density at radius 2 is 2.07 bits per heavy atom. The largest absolute Gasteiger partial charge is 0.493 e. The number of nitrogens with two attached hydrogens (primary N) is 1. The van der Waals surface area contributed by atoms with Crippen molar-refractivity contribution in [1.29, 1.82) is 0 Å². The van der Waals surface area contributed by atoms with Crippen LogP contribution in [-0.4, -0.2) is 61.9 Å². The maximum atomic E-state index is 12.9. The topological polar surface area (TPSA) is 111 Å². The van der Waals surface area contributed by atoms with Gasteiger partial charge in [-0.25, -0.2) is 0 Å². The van der Waals surface area contributed by atoms with Crippen LogP contribution in [0.2, 0.25) is 0 Å². The molecular weight excluding hydrogens is 352 g/mol. The zero-order chi connectivity index (χ0) is 20.0. The second kappa shape index (κ2) is 9.27. The summed E-state index contributed by atoms with van der Waals surface area (Å²) in [6.45, 7) is 4.48. The van der Waals surface area contributed by atoms with Crippen LogP contribution in [0.1, 0.15) is 29.6 Å². The highest BCUT2D eigenvalue weighted by Gasteiger charge is 2.32. The monoisotopic (exact) mass is 378 g/mol. The minimum Gasteiger partial charge on any atom is -0.493 e. The molecule has 1 saturated heterocycles. The van der Waals surface area contributed by atoms with Gasteiger partial charge in [0.05, 0.1) is 39.0 Å². The Balaban J connectivity index is 2.14. The molecule has 2 rings (SSSR count). The van der Waals surface area contributed by atoms with Gasteiger partial charge in [0.2, 0.25) is 0 Å². The first-order valence-corrected chi connectivity index (χ1v) is 8.69. The second-order valence-corrected chi connectivity index (χ2v) is 6.22. The molecule has 0 aromatic heterocycles. The number of nitrogen functional groups attached to an aromatic ring is 1. The number of aliphatic hydroxyl groups excluding tert-OH is 1. The lowest BCUT2D eigenvalue weighted by Crippen LogP contribution is -2.38. The third-order valence-corrected chi connectivity index (χ3v) is 4.53. The summed E-state index contributed by atoms with van der Waals surface area (Å²) >= 11 is 0. The number of likely N-dealkylation sites (tertiary alicyclic amines) is 1. The lowest BCUT2D eigenvalue weighted by molar-refractivity contribution is -0.140. The summed E-state index contributed by atoms with van der Waals surface area (Å²) in [6, 6.07) is 2.66. The van der Waals surface area contributed by atoms with Gasteiger partial charge < -0.3 is 30.0 Å². The molecule has 1 aliphatic heterocycles. The van der Waals surface area contributed by atoms with Gasteiger partial charge >= 0.3 is 5.97 Å². The number of aliphatic hydroxyl groups is 1. The standard InChI is InChI=1S/C19H26N2O6/c1-12-6-7-21(15(12)11-22)19(24)13-9-16(25-2)17(10-14(13)20)27-8-4-5-18(23)26-3/h9-10,15,22H,1,4-8,11,20H2,2-3H3/t15-/m0/s1. The van der Waals surface area contributed by atoms with E-state index in [1.165, 1.54) is 26.4 Å². The molecule has 1 heterocycles. The normalized spacial score (nSPS) is 16.3. The van der Waals surface area contributed by atoms with Crippen LogP contribution >= 0.6 is 0 Å². The summed E-state index contributed by atoms with van der Waals surface area (Å²) in [4.78, 5) is 25.6. The molecule has 1 aromatic rings. The predicted molar refractivity (Wildman–Crippen MR) is 99.8 cm³/mol. The van der Waals surface area contributed by atoms with Crippen LogP contribution in [0.15, 0.2) is 24.3 Å². The van der Waals surface area contributed by atoms with Gasteiger partial charge in [0.15, 0.2) is 11.5 Å². The van der Waals surface area contributed by atoms with Crippen molar-refractivity contribution in [1.82, 2.24) is 4.90 Å². The quantitative estimate of drug-likeness (QED) is 0.304. The number of carbonyl (C=O) groups is 2. The lowest BCUT2D eigenvalue weighted by atomic mass is 10.1. The van der Waals surface area contributed by atoms with Gasteiger partial charge in [0.25, 0.3) is 5.91 Å². The van der Waals surface area contributed by atoms with E-state index >= 15 is 0 Å². The molecule has 27 heavy (non-hydrogen) atoms. The zero-order valence-electron chi connectivity index (χ0n) is 15.7. The number of rotatable bonds is 8. The highest BCUT2D eigenvalue weighted by Crippen LogP contribution is 2.34. The van der Waals surface area contributed by atoms with Gasteiger partial charge in [-0.2, -0.15) is 0 Å². The molecule has 1 fully saturated rings. The molecule has 0 bridgehead atoms. The van der Waals surface area contributed by atoms with Crippen molar-refractivity contribution in [3.63, 3.8) is 0 Å². The van der Waals surface area contributed by atoms with E-state index in [1.807, 2.05) is 0 Å². The van der Waals surface area contributed by atoms with E-state index in [2.05, 4.69) is 11.3 Å². The number of anilines is 1. The molecule has 1 aromatic carbocycles. The van der Waals surface area contributed by atoms with Crippen molar-refractivity contribution < 1.29 is 28.9 Å². The van der Waals surface area contributed by atoms with E-state index in [9.17, 15) is 14.7 Å². The molecular formula is C19H26N2O6. The average molecular weight is 378 g/mol. The summed E-state index contributed by atoms with van der Waals surface area (Å²) in [5.74, 6) is 0.155. The third kappa shape index (κ3) is 4.71. The Kier molecular flexibility index (Phi) is 7.06. The maximum absolute atomic E-state index is 12.9. The Bertz CT molecular complexity index is 718. The molecule has 148 valence electrons. The predicted octanol–water partition coefficient (Wildman–Crippen LogP) is 1.37. The summed E-state index contributed by atoms with van der Waals surface area (Å²) in [5.41, 5.74) is 7.42. The fraction of sp³-hybridized carbons (Fsp3) is 0.474. The number of amides is 1. The van der Waals surface area contributed by atoms with Crippen molar-refractivity contribution in [2.45, 2.75) is 25.3 Å².